The van der Waals surface area contributed by atoms with E-state index in [9.17, 15) is 14.7 Å². The number of halogens is 1. The van der Waals surface area contributed by atoms with Gasteiger partial charge in [0.05, 0.1) is 25.3 Å². The molecule has 0 spiro atoms. The third-order valence-corrected chi connectivity index (χ3v) is 9.73. The molecule has 240 valence electrons. The number of anilines is 1. The molecule has 0 saturated carbocycles. The molecule has 1 atom stereocenters. The molecule has 2 aromatic heterocycles. The summed E-state index contributed by atoms with van der Waals surface area (Å²) in [6.07, 6.45) is 1.61. The first-order chi connectivity index (χ1) is 22.8. The molecular formula is C34H28ClN3O7S2. The van der Waals surface area contributed by atoms with Crippen molar-refractivity contribution in [2.45, 2.75) is 23.1 Å². The molecule has 3 heterocycles. The van der Waals surface area contributed by atoms with Crippen molar-refractivity contribution in [2.24, 2.45) is 0 Å². The SMILES string of the molecule is C=CCOc1ccc(C2C(C(=O)c3cc4cccc(OC)c4o3)=C(O)C(=O)N2c2nnc(SCc3ccccc3Cl)s2)cc1OCC. The molecule has 0 fully saturated rings. The van der Waals surface area contributed by atoms with E-state index in [2.05, 4.69) is 16.8 Å². The summed E-state index contributed by atoms with van der Waals surface area (Å²) >= 11 is 8.89. The zero-order valence-electron chi connectivity index (χ0n) is 25.3. The van der Waals surface area contributed by atoms with Crippen LogP contribution in [0.2, 0.25) is 5.02 Å². The van der Waals surface area contributed by atoms with Gasteiger partial charge < -0.3 is 23.7 Å². The second-order valence-corrected chi connectivity index (χ2v) is 12.7. The summed E-state index contributed by atoms with van der Waals surface area (Å²) in [5.74, 6) is -0.483. The number of Topliss-reactive ketones (excluding diaryl/α,β-unsaturated/α-hetero) is 1. The van der Waals surface area contributed by atoms with E-state index in [1.165, 1.54) is 23.8 Å². The van der Waals surface area contributed by atoms with Gasteiger partial charge in [-0.3, -0.25) is 14.5 Å². The zero-order chi connectivity index (χ0) is 33.1. The van der Waals surface area contributed by atoms with Gasteiger partial charge in [0, 0.05) is 16.2 Å². The molecule has 1 aliphatic heterocycles. The monoisotopic (exact) mass is 689 g/mol. The average Bonchev–Trinajstić information content (AvgIpc) is 3.80. The first-order valence-electron chi connectivity index (χ1n) is 14.4. The van der Waals surface area contributed by atoms with Crippen LogP contribution in [-0.2, 0) is 10.5 Å². The Morgan fingerprint density at radius 3 is 2.70 bits per heavy atom. The molecule has 3 aromatic carbocycles. The summed E-state index contributed by atoms with van der Waals surface area (Å²) in [7, 11) is 1.50. The highest BCUT2D eigenvalue weighted by Crippen LogP contribution is 2.46. The van der Waals surface area contributed by atoms with Gasteiger partial charge >= 0.3 is 0 Å². The van der Waals surface area contributed by atoms with E-state index in [1.54, 1.807) is 48.5 Å². The van der Waals surface area contributed by atoms with Crippen molar-refractivity contribution in [1.29, 1.82) is 0 Å². The molecule has 0 aliphatic carbocycles. The zero-order valence-corrected chi connectivity index (χ0v) is 27.7. The maximum atomic E-state index is 14.2. The molecule has 1 unspecified atom stereocenters. The lowest BCUT2D eigenvalue weighted by molar-refractivity contribution is -0.117. The number of aliphatic hydroxyl groups excluding tert-OH is 1. The molecule has 1 amide bonds. The van der Waals surface area contributed by atoms with Gasteiger partial charge in [0.1, 0.15) is 6.61 Å². The fourth-order valence-corrected chi connectivity index (χ4v) is 7.29. The van der Waals surface area contributed by atoms with Crippen LogP contribution in [0.25, 0.3) is 11.0 Å². The predicted molar refractivity (Wildman–Crippen MR) is 181 cm³/mol. The van der Waals surface area contributed by atoms with Gasteiger partial charge in [-0.15, -0.1) is 10.2 Å². The molecule has 0 bridgehead atoms. The topological polar surface area (TPSA) is 124 Å². The number of nitrogens with zero attached hydrogens (tertiary/aromatic N) is 3. The van der Waals surface area contributed by atoms with Gasteiger partial charge in [0.15, 0.2) is 38.7 Å². The van der Waals surface area contributed by atoms with Crippen LogP contribution >= 0.6 is 34.7 Å². The maximum Gasteiger partial charge on any atom is 0.296 e. The second-order valence-electron chi connectivity index (χ2n) is 10.1. The van der Waals surface area contributed by atoms with Crippen LogP contribution in [-0.4, -0.2) is 47.3 Å². The number of hydrogen-bond acceptors (Lipinski definition) is 11. The maximum absolute atomic E-state index is 14.2. The third kappa shape index (κ3) is 6.31. The standard InChI is InChI=1S/C34H28ClN3O7S2/c1-4-15-44-23-14-13-19(16-25(23)43-5-2)28-27(29(39)26-17-20-10-8-12-24(42-3)31(20)45-26)30(40)32(41)38(28)33-36-37-34(47-33)46-18-21-9-6-7-11-22(21)35/h4,6-14,16-17,28,40H,1,5,15,18H2,2-3H3. The van der Waals surface area contributed by atoms with E-state index >= 15 is 0 Å². The van der Waals surface area contributed by atoms with Crippen molar-refractivity contribution in [3.05, 3.63) is 113 Å². The Kier molecular flexibility index (Phi) is 9.53. The van der Waals surface area contributed by atoms with Crippen LogP contribution in [0.4, 0.5) is 5.13 Å². The van der Waals surface area contributed by atoms with Gasteiger partial charge in [-0.05, 0) is 48.4 Å². The number of hydrogen-bond donors (Lipinski definition) is 1. The molecule has 0 radical (unpaired) electrons. The van der Waals surface area contributed by atoms with Crippen molar-refractivity contribution in [3.63, 3.8) is 0 Å². The van der Waals surface area contributed by atoms with Gasteiger partial charge in [-0.1, -0.05) is 83.8 Å². The minimum absolute atomic E-state index is 0.0742. The molecule has 10 nitrogen and oxygen atoms in total. The predicted octanol–water partition coefficient (Wildman–Crippen LogP) is 7.99. The smallest absolute Gasteiger partial charge is 0.296 e. The van der Waals surface area contributed by atoms with Crippen molar-refractivity contribution < 1.29 is 33.3 Å². The largest absolute Gasteiger partial charge is 0.503 e. The molecule has 5 aromatic rings. The number of fused-ring (bicyclic) bond motifs is 1. The summed E-state index contributed by atoms with van der Waals surface area (Å²) < 4.78 is 23.5. The van der Waals surface area contributed by atoms with E-state index in [-0.39, 0.29) is 23.1 Å². The number of benzene rings is 3. The Morgan fingerprint density at radius 1 is 1.11 bits per heavy atom. The van der Waals surface area contributed by atoms with Gasteiger partial charge in [-0.2, -0.15) is 0 Å². The minimum Gasteiger partial charge on any atom is -0.503 e. The number of ether oxygens (including phenoxy) is 3. The summed E-state index contributed by atoms with van der Waals surface area (Å²) in [4.78, 5) is 29.3. The molecular weight excluding hydrogens is 662 g/mol. The summed E-state index contributed by atoms with van der Waals surface area (Å²) in [6.45, 7) is 6.10. The van der Waals surface area contributed by atoms with Crippen LogP contribution in [0, 0.1) is 0 Å². The molecule has 13 heteroatoms. The van der Waals surface area contributed by atoms with Gasteiger partial charge in [0.25, 0.3) is 5.91 Å². The van der Waals surface area contributed by atoms with E-state index in [4.69, 9.17) is 30.2 Å². The van der Waals surface area contributed by atoms with Crippen LogP contribution in [0.5, 0.6) is 17.2 Å². The Morgan fingerprint density at radius 2 is 1.94 bits per heavy atom. The van der Waals surface area contributed by atoms with Gasteiger partial charge in [-0.25, -0.2) is 0 Å². The highest BCUT2D eigenvalue weighted by atomic mass is 35.5. The number of thioether (sulfide) groups is 1. The number of furan rings is 1. The number of para-hydroxylation sites is 1. The van der Waals surface area contributed by atoms with E-state index in [0.29, 0.717) is 55.5 Å². The highest BCUT2D eigenvalue weighted by Gasteiger charge is 2.47. The van der Waals surface area contributed by atoms with Crippen molar-refractivity contribution in [2.75, 3.05) is 25.2 Å². The molecule has 0 saturated heterocycles. The number of aromatic nitrogens is 2. The Bertz CT molecular complexity index is 2020. The second kappa shape index (κ2) is 13.9. The molecule has 1 N–H and O–H groups in total. The Balaban J connectivity index is 1.42. The van der Waals surface area contributed by atoms with E-state index in [1.807, 2.05) is 31.2 Å². The lowest BCUT2D eigenvalue weighted by atomic mass is 9.95. The minimum atomic E-state index is -1.10. The van der Waals surface area contributed by atoms with Crippen molar-refractivity contribution in [3.8, 4) is 17.2 Å². The van der Waals surface area contributed by atoms with Gasteiger partial charge in [0.2, 0.25) is 10.9 Å². The lowest BCUT2D eigenvalue weighted by Crippen LogP contribution is -2.31. The summed E-state index contributed by atoms with van der Waals surface area (Å²) in [5.41, 5.74) is 1.57. The lowest BCUT2D eigenvalue weighted by Gasteiger charge is -2.24. The first kappa shape index (κ1) is 32.2. The molecule has 1 aliphatic rings. The number of methoxy groups -OCH3 is 1. The third-order valence-electron chi connectivity index (χ3n) is 7.26. The number of carbonyl (C=O) groups excluding carboxylic acids is 2. The Hall–Kier alpha value is -4.78. The van der Waals surface area contributed by atoms with Crippen LogP contribution in [0.15, 0.2) is 99.5 Å². The molecule has 6 rings (SSSR count). The van der Waals surface area contributed by atoms with E-state index < -0.39 is 23.5 Å². The number of aliphatic hydroxyl groups is 1. The normalized spacial score (nSPS) is 14.6. The molecule has 47 heavy (non-hydrogen) atoms. The highest BCUT2D eigenvalue weighted by molar-refractivity contribution is 8.00. The van der Waals surface area contributed by atoms with E-state index in [0.717, 1.165) is 16.9 Å². The summed E-state index contributed by atoms with van der Waals surface area (Å²) in [5, 5.41) is 21.4. The number of carbonyl (C=O) groups is 2. The number of rotatable bonds is 13. The van der Waals surface area contributed by atoms with Crippen LogP contribution in [0.1, 0.15) is 34.6 Å². The average molecular weight is 690 g/mol. The quantitative estimate of drug-likeness (QED) is 0.0563. The first-order valence-corrected chi connectivity index (χ1v) is 16.6. The van der Waals surface area contributed by atoms with Crippen molar-refractivity contribution >= 4 is 62.5 Å². The fourth-order valence-electron chi connectivity index (χ4n) is 5.14. The fraction of sp³-hybridized carbons (Fsp3) is 0.176. The van der Waals surface area contributed by atoms with Crippen molar-refractivity contribution in [1.82, 2.24) is 10.2 Å². The summed E-state index contributed by atoms with van der Waals surface area (Å²) in [6, 6.07) is 18.2. The number of amides is 1. The Labute approximate surface area is 283 Å². The van der Waals surface area contributed by atoms with Crippen LogP contribution in [0.3, 0.4) is 0 Å². The number of ketones is 1. The van der Waals surface area contributed by atoms with Crippen LogP contribution < -0.4 is 19.1 Å².